The summed E-state index contributed by atoms with van der Waals surface area (Å²) in [5.41, 5.74) is 0. The molecule has 106 valence electrons. The second kappa shape index (κ2) is 5.15. The van der Waals surface area contributed by atoms with Crippen molar-refractivity contribution in [1.82, 2.24) is 5.32 Å². The first-order chi connectivity index (χ1) is 9.65. The number of fused-ring (bicyclic) bond motifs is 2. The molecule has 2 saturated carbocycles. The molecule has 0 saturated heterocycles. The Balaban J connectivity index is 1.65. The van der Waals surface area contributed by atoms with Crippen molar-refractivity contribution >= 4 is 12.1 Å². The van der Waals surface area contributed by atoms with Gasteiger partial charge in [-0.2, -0.15) is 0 Å². The fourth-order valence-electron chi connectivity index (χ4n) is 3.62. The third kappa shape index (κ3) is 2.35. The van der Waals surface area contributed by atoms with Gasteiger partial charge >= 0.3 is 12.1 Å². The molecule has 2 bridgehead atoms. The van der Waals surface area contributed by atoms with Crippen molar-refractivity contribution in [3.8, 4) is 5.75 Å². The zero-order chi connectivity index (χ0) is 14.1. The summed E-state index contributed by atoms with van der Waals surface area (Å²) >= 11 is 0. The number of para-hydroxylation sites is 1. The SMILES string of the molecule is O=C(NC1C2CCC(C2)C1C(=O)O)Oc1ccccc1. The lowest BCUT2D eigenvalue weighted by Gasteiger charge is -2.28. The summed E-state index contributed by atoms with van der Waals surface area (Å²) in [7, 11) is 0. The lowest BCUT2D eigenvalue weighted by molar-refractivity contribution is -0.144. The normalized spacial score (nSPS) is 31.0. The number of hydrogen-bond acceptors (Lipinski definition) is 3. The Labute approximate surface area is 116 Å². The standard InChI is InChI=1S/C15H17NO4/c17-14(18)12-9-6-7-10(8-9)13(12)16-15(19)20-11-4-2-1-3-5-11/h1-5,9-10,12-13H,6-8H2,(H,16,19)(H,17,18). The van der Waals surface area contributed by atoms with Gasteiger partial charge in [0.1, 0.15) is 5.75 Å². The van der Waals surface area contributed by atoms with Gasteiger partial charge in [-0.3, -0.25) is 4.79 Å². The van der Waals surface area contributed by atoms with Crippen LogP contribution in [0.25, 0.3) is 0 Å². The van der Waals surface area contributed by atoms with Crippen molar-refractivity contribution in [2.24, 2.45) is 17.8 Å². The van der Waals surface area contributed by atoms with Gasteiger partial charge in [0.05, 0.1) is 5.92 Å². The molecular weight excluding hydrogens is 258 g/mol. The van der Waals surface area contributed by atoms with E-state index in [4.69, 9.17) is 4.74 Å². The average molecular weight is 275 g/mol. The molecule has 5 nitrogen and oxygen atoms in total. The highest BCUT2D eigenvalue weighted by Crippen LogP contribution is 2.48. The van der Waals surface area contributed by atoms with E-state index in [-0.39, 0.29) is 17.9 Å². The van der Waals surface area contributed by atoms with Crippen LogP contribution in [0, 0.1) is 17.8 Å². The molecule has 0 radical (unpaired) electrons. The van der Waals surface area contributed by atoms with E-state index >= 15 is 0 Å². The van der Waals surface area contributed by atoms with Gasteiger partial charge < -0.3 is 15.2 Å². The number of hydrogen-bond donors (Lipinski definition) is 2. The molecule has 1 amide bonds. The molecule has 1 aromatic rings. The molecule has 0 aliphatic heterocycles. The van der Waals surface area contributed by atoms with E-state index < -0.39 is 18.0 Å². The van der Waals surface area contributed by atoms with Crippen molar-refractivity contribution in [3.05, 3.63) is 30.3 Å². The van der Waals surface area contributed by atoms with Crippen LogP contribution in [0.2, 0.25) is 0 Å². The zero-order valence-corrected chi connectivity index (χ0v) is 11.0. The van der Waals surface area contributed by atoms with Crippen LogP contribution in [-0.4, -0.2) is 23.2 Å². The van der Waals surface area contributed by atoms with Gasteiger partial charge in [0.15, 0.2) is 0 Å². The fourth-order valence-corrected chi connectivity index (χ4v) is 3.62. The molecule has 2 aliphatic rings. The monoisotopic (exact) mass is 275 g/mol. The topological polar surface area (TPSA) is 75.6 Å². The van der Waals surface area contributed by atoms with Crippen molar-refractivity contribution in [2.75, 3.05) is 0 Å². The summed E-state index contributed by atoms with van der Waals surface area (Å²) < 4.78 is 5.17. The first-order valence-electron chi connectivity index (χ1n) is 6.91. The number of carboxylic acids is 1. The fraction of sp³-hybridized carbons (Fsp3) is 0.467. The Morgan fingerprint density at radius 1 is 1.15 bits per heavy atom. The van der Waals surface area contributed by atoms with Gasteiger partial charge in [0, 0.05) is 6.04 Å². The van der Waals surface area contributed by atoms with Gasteiger partial charge in [-0.25, -0.2) is 4.79 Å². The summed E-state index contributed by atoms with van der Waals surface area (Å²) in [6, 6.07) is 8.47. The molecule has 1 aromatic carbocycles. The summed E-state index contributed by atoms with van der Waals surface area (Å²) in [4.78, 5) is 23.2. The minimum atomic E-state index is -0.817. The van der Waals surface area contributed by atoms with Gasteiger partial charge in [0.2, 0.25) is 0 Å². The van der Waals surface area contributed by atoms with Crippen LogP contribution in [0.4, 0.5) is 4.79 Å². The number of carboxylic acid groups (broad SMARTS) is 1. The number of benzene rings is 1. The van der Waals surface area contributed by atoms with Crippen LogP contribution in [0.3, 0.4) is 0 Å². The highest BCUT2D eigenvalue weighted by atomic mass is 16.6. The largest absolute Gasteiger partial charge is 0.481 e. The third-order valence-electron chi connectivity index (χ3n) is 4.44. The number of rotatable bonds is 3. The molecule has 5 heteroatoms. The van der Waals surface area contributed by atoms with Gasteiger partial charge in [-0.15, -0.1) is 0 Å². The number of amides is 1. The van der Waals surface area contributed by atoms with E-state index in [1.165, 1.54) is 0 Å². The lowest BCUT2D eigenvalue weighted by atomic mass is 9.84. The average Bonchev–Trinajstić information content (AvgIpc) is 3.00. The number of carbonyl (C=O) groups is 2. The Bertz CT molecular complexity index is 516. The summed E-state index contributed by atoms with van der Waals surface area (Å²) in [5.74, 6) is -0.372. The van der Waals surface area contributed by atoms with Crippen LogP contribution < -0.4 is 10.1 Å². The van der Waals surface area contributed by atoms with Crippen LogP contribution >= 0.6 is 0 Å². The molecule has 4 unspecified atom stereocenters. The summed E-state index contributed by atoms with van der Waals surface area (Å²) in [6.45, 7) is 0. The van der Waals surface area contributed by atoms with Gasteiger partial charge in [-0.1, -0.05) is 18.2 Å². The quantitative estimate of drug-likeness (QED) is 0.887. The first kappa shape index (κ1) is 13.0. The molecule has 20 heavy (non-hydrogen) atoms. The molecule has 2 fully saturated rings. The number of ether oxygens (including phenoxy) is 1. The maximum absolute atomic E-state index is 11.9. The van der Waals surface area contributed by atoms with Gasteiger partial charge in [-0.05, 0) is 43.2 Å². The Morgan fingerprint density at radius 2 is 1.85 bits per heavy atom. The van der Waals surface area contributed by atoms with Crippen molar-refractivity contribution in [2.45, 2.75) is 25.3 Å². The molecule has 3 rings (SSSR count). The van der Waals surface area contributed by atoms with Crippen LogP contribution in [0.5, 0.6) is 5.75 Å². The first-order valence-corrected chi connectivity index (χ1v) is 6.91. The van der Waals surface area contributed by atoms with Gasteiger partial charge in [0.25, 0.3) is 0 Å². The molecule has 0 aromatic heterocycles. The number of carbonyl (C=O) groups excluding carboxylic acids is 1. The van der Waals surface area contributed by atoms with E-state index in [1.54, 1.807) is 24.3 Å². The van der Waals surface area contributed by atoms with Crippen molar-refractivity contribution in [3.63, 3.8) is 0 Å². The van der Waals surface area contributed by atoms with E-state index in [9.17, 15) is 14.7 Å². The minimum absolute atomic E-state index is 0.194. The second-order valence-electron chi connectivity index (χ2n) is 5.57. The predicted octanol–water partition coefficient (Wildman–Crippen LogP) is 2.27. The van der Waals surface area contributed by atoms with Crippen LogP contribution in [0.1, 0.15) is 19.3 Å². The number of aliphatic carboxylic acids is 1. The van der Waals surface area contributed by atoms with E-state index in [0.29, 0.717) is 5.75 Å². The Kier molecular flexibility index (Phi) is 3.34. The smallest absolute Gasteiger partial charge is 0.412 e. The van der Waals surface area contributed by atoms with Crippen molar-refractivity contribution in [1.29, 1.82) is 0 Å². The lowest BCUT2D eigenvalue weighted by Crippen LogP contribution is -2.47. The predicted molar refractivity (Wildman–Crippen MR) is 71.3 cm³/mol. The molecule has 0 spiro atoms. The highest BCUT2D eigenvalue weighted by Gasteiger charge is 2.51. The van der Waals surface area contributed by atoms with E-state index in [1.807, 2.05) is 6.07 Å². The Morgan fingerprint density at radius 3 is 2.55 bits per heavy atom. The third-order valence-corrected chi connectivity index (χ3v) is 4.44. The Hall–Kier alpha value is -2.04. The molecule has 4 atom stereocenters. The number of nitrogens with one attached hydrogen (secondary N) is 1. The minimum Gasteiger partial charge on any atom is -0.481 e. The summed E-state index contributed by atoms with van der Waals surface area (Å²) in [6.07, 6.45) is 2.27. The zero-order valence-electron chi connectivity index (χ0n) is 11.0. The highest BCUT2D eigenvalue weighted by molar-refractivity contribution is 5.75. The van der Waals surface area contributed by atoms with Crippen molar-refractivity contribution < 1.29 is 19.4 Å². The molecular formula is C15H17NO4. The maximum Gasteiger partial charge on any atom is 0.412 e. The van der Waals surface area contributed by atoms with Crippen LogP contribution in [0.15, 0.2) is 30.3 Å². The van der Waals surface area contributed by atoms with Crippen LogP contribution in [-0.2, 0) is 4.79 Å². The molecule has 0 heterocycles. The second-order valence-corrected chi connectivity index (χ2v) is 5.57. The molecule has 2 N–H and O–H groups in total. The van der Waals surface area contributed by atoms with E-state index in [0.717, 1.165) is 19.3 Å². The summed E-state index contributed by atoms with van der Waals surface area (Å²) in [5, 5.41) is 12.1. The molecule has 2 aliphatic carbocycles. The maximum atomic E-state index is 11.9. The van der Waals surface area contributed by atoms with E-state index in [2.05, 4.69) is 5.32 Å².